The quantitative estimate of drug-likeness (QED) is 0.367. The Hall–Kier alpha value is -1.07. The highest BCUT2D eigenvalue weighted by Gasteiger charge is 2.20. The van der Waals surface area contributed by atoms with Crippen LogP contribution in [-0.2, 0) is 6.54 Å². The number of aromatic nitrogens is 1. The maximum absolute atomic E-state index is 9.75. The number of pyridine rings is 1. The molecule has 74 valence electrons. The Balaban J connectivity index is 0.000000252. The van der Waals surface area contributed by atoms with Crippen LogP contribution in [0.4, 0.5) is 17.3 Å². The summed E-state index contributed by atoms with van der Waals surface area (Å²) in [6, 6.07) is 6.08. The Morgan fingerprint density at radius 3 is 1.62 bits per heavy atom. The Labute approximate surface area is 74.1 Å². The molecule has 0 aromatic carbocycles. The maximum Gasteiger partial charge on any atom is 0.673 e. The van der Waals surface area contributed by atoms with Crippen LogP contribution in [0.25, 0.3) is 0 Å². The van der Waals surface area contributed by atoms with Crippen LogP contribution in [0.3, 0.4) is 0 Å². The van der Waals surface area contributed by atoms with Crippen LogP contribution in [0.1, 0.15) is 6.92 Å². The molecule has 0 aliphatic carbocycles. The molecule has 6 heteroatoms. The van der Waals surface area contributed by atoms with Crippen LogP contribution < -0.4 is 4.57 Å². The molecule has 0 aliphatic rings. The first-order valence-electron chi connectivity index (χ1n) is 3.75. The van der Waals surface area contributed by atoms with Crippen molar-refractivity contribution in [1.82, 2.24) is 0 Å². The summed E-state index contributed by atoms with van der Waals surface area (Å²) in [5.41, 5.74) is 0. The summed E-state index contributed by atoms with van der Waals surface area (Å²) in [5.74, 6) is 0. The summed E-state index contributed by atoms with van der Waals surface area (Å²) < 4.78 is 41.1. The molecule has 1 heterocycles. The van der Waals surface area contributed by atoms with Gasteiger partial charge in [0.1, 0.15) is 6.54 Å². The molecule has 0 bridgehead atoms. The number of halogens is 4. The van der Waals surface area contributed by atoms with Gasteiger partial charge in [0.2, 0.25) is 0 Å². The predicted molar refractivity (Wildman–Crippen MR) is 42.5 cm³/mol. The van der Waals surface area contributed by atoms with Crippen LogP contribution in [-0.4, -0.2) is 7.25 Å². The first-order valence-corrected chi connectivity index (χ1v) is 3.75. The molecule has 0 saturated heterocycles. The van der Waals surface area contributed by atoms with Gasteiger partial charge in [-0.2, -0.15) is 0 Å². The lowest BCUT2D eigenvalue weighted by molar-refractivity contribution is -0.693. The summed E-state index contributed by atoms with van der Waals surface area (Å²) >= 11 is 0. The fraction of sp³-hybridized carbons (Fsp3) is 0.286. The first kappa shape index (κ1) is 11.9. The van der Waals surface area contributed by atoms with Crippen molar-refractivity contribution in [3.8, 4) is 0 Å². The van der Waals surface area contributed by atoms with Gasteiger partial charge in [0.25, 0.3) is 0 Å². The molecule has 0 fully saturated rings. The monoisotopic (exact) mass is 195 g/mol. The fourth-order valence-electron chi connectivity index (χ4n) is 0.645. The Morgan fingerprint density at radius 2 is 1.38 bits per heavy atom. The van der Waals surface area contributed by atoms with Gasteiger partial charge in [-0.25, -0.2) is 4.57 Å². The average Bonchev–Trinajstić information content (AvgIpc) is 2.03. The zero-order chi connectivity index (χ0) is 10.3. The van der Waals surface area contributed by atoms with Crippen molar-refractivity contribution < 1.29 is 21.8 Å². The van der Waals surface area contributed by atoms with Gasteiger partial charge in [-0.05, 0) is 6.92 Å². The van der Waals surface area contributed by atoms with Gasteiger partial charge in [0.05, 0.1) is 0 Å². The molecule has 0 aliphatic heterocycles. The molecule has 1 rings (SSSR count). The molecule has 0 amide bonds. The van der Waals surface area contributed by atoms with Crippen LogP contribution in [0, 0.1) is 0 Å². The van der Waals surface area contributed by atoms with E-state index in [0.717, 1.165) is 6.54 Å². The zero-order valence-corrected chi connectivity index (χ0v) is 7.13. The van der Waals surface area contributed by atoms with Gasteiger partial charge in [0, 0.05) is 12.1 Å². The van der Waals surface area contributed by atoms with E-state index in [-0.39, 0.29) is 0 Å². The second-order valence-corrected chi connectivity index (χ2v) is 2.20. The maximum atomic E-state index is 9.75. The van der Waals surface area contributed by atoms with Crippen molar-refractivity contribution in [2.24, 2.45) is 0 Å². The number of rotatable bonds is 1. The number of nitrogens with zero attached hydrogens (tertiary/aromatic N) is 1. The molecule has 0 spiro atoms. The number of hydrogen-bond acceptors (Lipinski definition) is 0. The molecule has 0 saturated carbocycles. The van der Waals surface area contributed by atoms with Crippen molar-refractivity contribution >= 4 is 7.25 Å². The van der Waals surface area contributed by atoms with Gasteiger partial charge in [-0.1, -0.05) is 6.07 Å². The third kappa shape index (κ3) is 10.9. The highest BCUT2D eigenvalue weighted by atomic mass is 19.5. The Bertz CT molecular complexity index is 218. The van der Waals surface area contributed by atoms with Crippen molar-refractivity contribution in [2.75, 3.05) is 0 Å². The SMILES string of the molecule is CC[n+]1ccccc1.F[B-](F)(F)F. The smallest absolute Gasteiger partial charge is 0.418 e. The third-order valence-electron chi connectivity index (χ3n) is 1.14. The molecule has 0 radical (unpaired) electrons. The predicted octanol–water partition coefficient (Wildman–Crippen LogP) is 2.29. The minimum atomic E-state index is -6.00. The zero-order valence-electron chi connectivity index (χ0n) is 7.13. The second kappa shape index (κ2) is 5.56. The van der Waals surface area contributed by atoms with Crippen LogP contribution in [0.15, 0.2) is 30.6 Å². The van der Waals surface area contributed by atoms with Crippen molar-refractivity contribution in [1.29, 1.82) is 0 Å². The molecule has 0 atom stereocenters. The van der Waals surface area contributed by atoms with E-state index in [2.05, 4.69) is 23.9 Å². The van der Waals surface area contributed by atoms with Gasteiger partial charge in [0.15, 0.2) is 12.4 Å². The van der Waals surface area contributed by atoms with Gasteiger partial charge < -0.3 is 17.3 Å². The molecule has 1 aromatic rings. The summed E-state index contributed by atoms with van der Waals surface area (Å²) in [5, 5.41) is 0. The molecule has 13 heavy (non-hydrogen) atoms. The Kier molecular flexibility index (Phi) is 5.10. The van der Waals surface area contributed by atoms with Crippen LogP contribution >= 0.6 is 0 Å². The van der Waals surface area contributed by atoms with E-state index >= 15 is 0 Å². The summed E-state index contributed by atoms with van der Waals surface area (Å²) in [6.45, 7) is 3.18. The van der Waals surface area contributed by atoms with E-state index < -0.39 is 7.25 Å². The van der Waals surface area contributed by atoms with Crippen molar-refractivity contribution in [3.63, 3.8) is 0 Å². The van der Waals surface area contributed by atoms with Crippen molar-refractivity contribution in [2.45, 2.75) is 13.5 Å². The molecular weight excluding hydrogens is 185 g/mol. The number of hydrogen-bond donors (Lipinski definition) is 0. The van der Waals surface area contributed by atoms with E-state index in [9.17, 15) is 17.3 Å². The molecular formula is C7H10BF4N. The minimum absolute atomic E-state index is 1.06. The largest absolute Gasteiger partial charge is 0.673 e. The molecule has 0 N–H and O–H groups in total. The third-order valence-corrected chi connectivity index (χ3v) is 1.14. The molecule has 1 nitrogen and oxygen atoms in total. The lowest BCUT2D eigenvalue weighted by Gasteiger charge is -1.94. The highest BCUT2D eigenvalue weighted by Crippen LogP contribution is 2.06. The van der Waals surface area contributed by atoms with E-state index in [4.69, 9.17) is 0 Å². The average molecular weight is 195 g/mol. The molecule has 1 aromatic heterocycles. The van der Waals surface area contributed by atoms with Gasteiger partial charge in [-0.3, -0.25) is 0 Å². The first-order chi connectivity index (χ1) is 5.93. The summed E-state index contributed by atoms with van der Waals surface area (Å²) in [7, 11) is -6.00. The van der Waals surface area contributed by atoms with E-state index in [1.807, 2.05) is 18.2 Å². The second-order valence-electron chi connectivity index (χ2n) is 2.20. The summed E-state index contributed by atoms with van der Waals surface area (Å²) in [6.07, 6.45) is 4.11. The van der Waals surface area contributed by atoms with E-state index in [0.29, 0.717) is 0 Å². The normalized spacial score (nSPS) is 10.2. The lowest BCUT2D eigenvalue weighted by atomic mass is 10.3. The topological polar surface area (TPSA) is 3.88 Å². The van der Waals surface area contributed by atoms with Gasteiger partial charge >= 0.3 is 7.25 Å². The van der Waals surface area contributed by atoms with E-state index in [1.165, 1.54) is 0 Å². The minimum Gasteiger partial charge on any atom is -0.418 e. The van der Waals surface area contributed by atoms with Crippen molar-refractivity contribution in [3.05, 3.63) is 30.6 Å². The highest BCUT2D eigenvalue weighted by molar-refractivity contribution is 6.50. The Morgan fingerprint density at radius 1 is 1.00 bits per heavy atom. The van der Waals surface area contributed by atoms with E-state index in [1.54, 1.807) is 0 Å². The lowest BCUT2D eigenvalue weighted by Crippen LogP contribution is -2.30. The molecule has 0 unspecified atom stereocenters. The van der Waals surface area contributed by atoms with Gasteiger partial charge in [-0.15, -0.1) is 0 Å². The number of aryl methyl sites for hydroxylation is 1. The fourth-order valence-corrected chi connectivity index (χ4v) is 0.645. The van der Waals surface area contributed by atoms with Crippen LogP contribution in [0.5, 0.6) is 0 Å². The van der Waals surface area contributed by atoms with Crippen LogP contribution in [0.2, 0.25) is 0 Å². The standard InChI is InChI=1S/C7H10N.BF4/c1-2-8-6-4-3-5-7-8;2-1(3,4)5/h3-7H,2H2,1H3;/q+1;-1. The summed E-state index contributed by atoms with van der Waals surface area (Å²) in [4.78, 5) is 0.